The third-order valence-corrected chi connectivity index (χ3v) is 3.54. The molecule has 2 heteroatoms. The topological polar surface area (TPSA) is 26.3 Å². The molecule has 0 aliphatic carbocycles. The zero-order chi connectivity index (χ0) is 13.6. The molecular formula is C16H24O2. The van der Waals surface area contributed by atoms with Gasteiger partial charge in [0.1, 0.15) is 0 Å². The summed E-state index contributed by atoms with van der Waals surface area (Å²) >= 11 is 0. The normalized spacial score (nSPS) is 11.3. The average Bonchev–Trinajstić information content (AvgIpc) is 2.37. The Morgan fingerprint density at radius 1 is 1.17 bits per heavy atom. The highest BCUT2D eigenvalue weighted by molar-refractivity contribution is 5.69. The molecule has 0 amide bonds. The van der Waals surface area contributed by atoms with E-state index in [0.29, 0.717) is 13.0 Å². The average molecular weight is 248 g/mol. The molecule has 0 aliphatic heterocycles. The highest BCUT2D eigenvalue weighted by Crippen LogP contribution is 2.26. The third-order valence-electron chi connectivity index (χ3n) is 3.54. The van der Waals surface area contributed by atoms with Crippen molar-refractivity contribution in [3.05, 3.63) is 35.4 Å². The fraction of sp³-hybridized carbons (Fsp3) is 0.562. The lowest BCUT2D eigenvalue weighted by Crippen LogP contribution is -2.15. The molecule has 1 aromatic rings. The van der Waals surface area contributed by atoms with Gasteiger partial charge in [-0.3, -0.25) is 4.79 Å². The van der Waals surface area contributed by atoms with E-state index in [1.807, 2.05) is 6.92 Å². The first-order valence-electron chi connectivity index (χ1n) is 6.74. The van der Waals surface area contributed by atoms with Gasteiger partial charge in [0.15, 0.2) is 0 Å². The molecule has 0 saturated carbocycles. The fourth-order valence-corrected chi connectivity index (χ4v) is 1.81. The fourth-order valence-electron chi connectivity index (χ4n) is 1.81. The van der Waals surface area contributed by atoms with Gasteiger partial charge in [0.25, 0.3) is 0 Å². The molecule has 1 rings (SSSR count). The van der Waals surface area contributed by atoms with Crippen LogP contribution in [0.1, 0.15) is 51.7 Å². The van der Waals surface area contributed by atoms with Crippen LogP contribution in [0.5, 0.6) is 0 Å². The maximum absolute atomic E-state index is 11.3. The van der Waals surface area contributed by atoms with Gasteiger partial charge in [-0.15, -0.1) is 0 Å². The Morgan fingerprint density at radius 2 is 1.78 bits per heavy atom. The molecule has 0 fully saturated rings. The summed E-state index contributed by atoms with van der Waals surface area (Å²) in [7, 11) is 0. The molecule has 1 aromatic carbocycles. The minimum Gasteiger partial charge on any atom is -0.466 e. The van der Waals surface area contributed by atoms with Gasteiger partial charge in [0.2, 0.25) is 0 Å². The van der Waals surface area contributed by atoms with Crippen LogP contribution in [-0.4, -0.2) is 12.6 Å². The largest absolute Gasteiger partial charge is 0.466 e. The van der Waals surface area contributed by atoms with Gasteiger partial charge >= 0.3 is 5.97 Å². The highest BCUT2D eigenvalue weighted by Gasteiger charge is 2.17. The van der Waals surface area contributed by atoms with Crippen LogP contribution in [0.25, 0.3) is 0 Å². The predicted molar refractivity (Wildman–Crippen MR) is 74.7 cm³/mol. The van der Waals surface area contributed by atoms with Crippen LogP contribution in [0.15, 0.2) is 24.3 Å². The monoisotopic (exact) mass is 248 g/mol. The molecule has 0 aliphatic rings. The number of hydrogen-bond donors (Lipinski definition) is 0. The summed E-state index contributed by atoms with van der Waals surface area (Å²) < 4.78 is 4.92. The predicted octanol–water partition coefficient (Wildman–Crippen LogP) is 3.87. The van der Waals surface area contributed by atoms with Gasteiger partial charge in [-0.25, -0.2) is 0 Å². The van der Waals surface area contributed by atoms with Crippen molar-refractivity contribution in [3.8, 4) is 0 Å². The third kappa shape index (κ3) is 4.17. The minimum absolute atomic E-state index is 0.115. The van der Waals surface area contributed by atoms with E-state index < -0.39 is 0 Å². The van der Waals surface area contributed by atoms with Crippen LogP contribution in [0.2, 0.25) is 0 Å². The van der Waals surface area contributed by atoms with Crippen LogP contribution in [0, 0.1) is 0 Å². The Hall–Kier alpha value is -1.31. The molecule has 100 valence electrons. The zero-order valence-corrected chi connectivity index (χ0v) is 12.0. The Labute approximate surface area is 110 Å². The second-order valence-electron chi connectivity index (χ2n) is 5.24. The van der Waals surface area contributed by atoms with E-state index in [0.717, 1.165) is 12.8 Å². The van der Waals surface area contributed by atoms with E-state index in [9.17, 15) is 4.79 Å². The van der Waals surface area contributed by atoms with E-state index >= 15 is 0 Å². The first kappa shape index (κ1) is 14.7. The Bertz CT molecular complexity index is 377. The van der Waals surface area contributed by atoms with Crippen LogP contribution < -0.4 is 0 Å². The van der Waals surface area contributed by atoms with Gasteiger partial charge in [-0.05, 0) is 36.3 Å². The number of ether oxygens (including phenoxy) is 1. The lowest BCUT2D eigenvalue weighted by atomic mass is 9.82. The van der Waals surface area contributed by atoms with Gasteiger partial charge in [0, 0.05) is 6.42 Å². The SMILES string of the molecule is CCOC(=O)CCc1ccc(C(C)(C)CC)cc1. The number of esters is 1. The number of rotatable bonds is 6. The Morgan fingerprint density at radius 3 is 2.28 bits per heavy atom. The maximum atomic E-state index is 11.3. The van der Waals surface area contributed by atoms with E-state index in [1.165, 1.54) is 11.1 Å². The molecule has 0 spiro atoms. The van der Waals surface area contributed by atoms with Crippen LogP contribution >= 0.6 is 0 Å². The summed E-state index contributed by atoms with van der Waals surface area (Å²) in [6.45, 7) is 9.00. The zero-order valence-electron chi connectivity index (χ0n) is 12.0. The van der Waals surface area contributed by atoms with E-state index in [-0.39, 0.29) is 11.4 Å². The quantitative estimate of drug-likeness (QED) is 0.714. The molecule has 2 nitrogen and oxygen atoms in total. The highest BCUT2D eigenvalue weighted by atomic mass is 16.5. The van der Waals surface area contributed by atoms with E-state index in [1.54, 1.807) is 0 Å². The summed E-state index contributed by atoms with van der Waals surface area (Å²) in [6, 6.07) is 8.58. The summed E-state index contributed by atoms with van der Waals surface area (Å²) in [5.41, 5.74) is 2.77. The maximum Gasteiger partial charge on any atom is 0.306 e. The van der Waals surface area contributed by atoms with E-state index in [2.05, 4.69) is 45.0 Å². The summed E-state index contributed by atoms with van der Waals surface area (Å²) in [6.07, 6.45) is 2.34. The van der Waals surface area contributed by atoms with Crippen LogP contribution in [0.3, 0.4) is 0 Å². The molecular weight excluding hydrogens is 224 g/mol. The first-order valence-corrected chi connectivity index (χ1v) is 6.74. The Kier molecular flexibility index (Phi) is 5.39. The number of aryl methyl sites for hydroxylation is 1. The van der Waals surface area contributed by atoms with Gasteiger partial charge < -0.3 is 4.74 Å². The smallest absolute Gasteiger partial charge is 0.306 e. The second kappa shape index (κ2) is 6.58. The van der Waals surface area contributed by atoms with Gasteiger partial charge in [0.05, 0.1) is 6.61 Å². The Balaban J connectivity index is 2.58. The van der Waals surface area contributed by atoms with E-state index in [4.69, 9.17) is 4.74 Å². The number of carbonyl (C=O) groups excluding carboxylic acids is 1. The molecule has 0 unspecified atom stereocenters. The minimum atomic E-state index is -0.115. The van der Waals surface area contributed by atoms with Crippen LogP contribution in [-0.2, 0) is 21.4 Å². The molecule has 0 radical (unpaired) electrons. The second-order valence-corrected chi connectivity index (χ2v) is 5.24. The van der Waals surface area contributed by atoms with Gasteiger partial charge in [-0.2, -0.15) is 0 Å². The summed E-state index contributed by atoms with van der Waals surface area (Å²) in [5, 5.41) is 0. The molecule has 0 N–H and O–H groups in total. The number of benzene rings is 1. The molecule has 0 heterocycles. The van der Waals surface area contributed by atoms with Crippen molar-refractivity contribution in [1.82, 2.24) is 0 Å². The molecule has 18 heavy (non-hydrogen) atoms. The van der Waals surface area contributed by atoms with Crippen molar-refractivity contribution in [2.75, 3.05) is 6.61 Å². The lowest BCUT2D eigenvalue weighted by molar-refractivity contribution is -0.143. The standard InChI is InChI=1S/C16H24O2/c1-5-16(3,4)14-10-7-13(8-11-14)9-12-15(17)18-6-2/h7-8,10-11H,5-6,9,12H2,1-4H3. The number of hydrogen-bond acceptors (Lipinski definition) is 2. The molecule has 0 bridgehead atoms. The molecule has 0 saturated heterocycles. The summed E-state index contributed by atoms with van der Waals surface area (Å²) in [5.74, 6) is -0.115. The van der Waals surface area contributed by atoms with Crippen LogP contribution in [0.4, 0.5) is 0 Å². The number of carbonyl (C=O) groups is 1. The molecule has 0 aromatic heterocycles. The molecule has 0 atom stereocenters. The van der Waals surface area contributed by atoms with Gasteiger partial charge in [-0.1, -0.05) is 45.0 Å². The van der Waals surface area contributed by atoms with Crippen molar-refractivity contribution in [2.45, 2.75) is 52.4 Å². The van der Waals surface area contributed by atoms with Crippen molar-refractivity contribution in [2.24, 2.45) is 0 Å². The van der Waals surface area contributed by atoms with Crippen molar-refractivity contribution in [3.63, 3.8) is 0 Å². The van der Waals surface area contributed by atoms with Crippen molar-refractivity contribution in [1.29, 1.82) is 0 Å². The van der Waals surface area contributed by atoms with Crippen molar-refractivity contribution < 1.29 is 9.53 Å². The van der Waals surface area contributed by atoms with Crippen molar-refractivity contribution >= 4 is 5.97 Å². The lowest BCUT2D eigenvalue weighted by Gasteiger charge is -2.23. The summed E-state index contributed by atoms with van der Waals surface area (Å²) in [4.78, 5) is 11.3. The first-order chi connectivity index (χ1) is 8.49.